The van der Waals surface area contributed by atoms with Gasteiger partial charge in [-0.3, -0.25) is 4.79 Å². The minimum Gasteiger partial charge on any atom is -0.361 e. The van der Waals surface area contributed by atoms with Gasteiger partial charge in [-0.15, -0.1) is 0 Å². The van der Waals surface area contributed by atoms with Crippen molar-refractivity contribution in [3.05, 3.63) is 17.5 Å². The molecule has 1 aromatic heterocycles. The molecule has 1 atom stereocenters. The Morgan fingerprint density at radius 3 is 3.00 bits per heavy atom. The van der Waals surface area contributed by atoms with E-state index in [1.807, 2.05) is 11.8 Å². The van der Waals surface area contributed by atoms with Crippen molar-refractivity contribution < 1.29 is 9.32 Å². The van der Waals surface area contributed by atoms with Crippen LogP contribution in [-0.2, 0) is 0 Å². The molecule has 0 unspecified atom stereocenters. The summed E-state index contributed by atoms with van der Waals surface area (Å²) in [6.07, 6.45) is 5.67. The second-order valence-electron chi connectivity index (χ2n) is 4.73. The molecule has 1 saturated heterocycles. The standard InChI is InChI=1S/C13H20N2O2/c1-3-11-7-5-4-6-8-15(11)13(16)12-9-10(2)17-14-12/h9,11H,3-8H2,1-2H3/t11-/m1/s1. The first-order chi connectivity index (χ1) is 8.22. The molecule has 0 radical (unpaired) electrons. The number of hydrogen-bond acceptors (Lipinski definition) is 3. The van der Waals surface area contributed by atoms with Crippen LogP contribution in [0, 0.1) is 6.92 Å². The monoisotopic (exact) mass is 236 g/mol. The van der Waals surface area contributed by atoms with Crippen molar-refractivity contribution in [1.29, 1.82) is 0 Å². The highest BCUT2D eigenvalue weighted by molar-refractivity contribution is 5.92. The Bertz CT molecular complexity index is 387. The van der Waals surface area contributed by atoms with Gasteiger partial charge >= 0.3 is 0 Å². The Labute approximate surface area is 102 Å². The molecule has 1 fully saturated rings. The maximum Gasteiger partial charge on any atom is 0.276 e. The number of likely N-dealkylation sites (tertiary alicyclic amines) is 1. The number of hydrogen-bond donors (Lipinski definition) is 0. The molecule has 1 amide bonds. The zero-order chi connectivity index (χ0) is 12.3. The molecule has 0 spiro atoms. The number of nitrogens with zero attached hydrogens (tertiary/aromatic N) is 2. The Morgan fingerprint density at radius 1 is 1.53 bits per heavy atom. The van der Waals surface area contributed by atoms with Gasteiger partial charge in [0.15, 0.2) is 5.69 Å². The quantitative estimate of drug-likeness (QED) is 0.793. The van der Waals surface area contributed by atoms with Crippen LogP contribution in [0.15, 0.2) is 10.6 Å². The maximum absolute atomic E-state index is 12.3. The van der Waals surface area contributed by atoms with Crippen molar-refractivity contribution in [2.45, 2.75) is 52.0 Å². The summed E-state index contributed by atoms with van der Waals surface area (Å²) >= 11 is 0. The minimum absolute atomic E-state index is 0.0237. The Balaban J connectivity index is 2.15. The average molecular weight is 236 g/mol. The van der Waals surface area contributed by atoms with Crippen molar-refractivity contribution in [2.75, 3.05) is 6.54 Å². The summed E-state index contributed by atoms with van der Waals surface area (Å²) in [7, 11) is 0. The first kappa shape index (κ1) is 12.1. The maximum atomic E-state index is 12.3. The highest BCUT2D eigenvalue weighted by Crippen LogP contribution is 2.21. The van der Waals surface area contributed by atoms with Crippen LogP contribution in [0.3, 0.4) is 0 Å². The molecule has 0 aromatic carbocycles. The molecule has 1 aliphatic rings. The highest BCUT2D eigenvalue weighted by atomic mass is 16.5. The summed E-state index contributed by atoms with van der Waals surface area (Å²) < 4.78 is 4.98. The molecular formula is C13H20N2O2. The van der Waals surface area contributed by atoms with Crippen LogP contribution in [0.25, 0.3) is 0 Å². The summed E-state index contributed by atoms with van der Waals surface area (Å²) in [6, 6.07) is 2.09. The van der Waals surface area contributed by atoms with E-state index >= 15 is 0 Å². The summed E-state index contributed by atoms with van der Waals surface area (Å²) in [4.78, 5) is 14.3. The summed E-state index contributed by atoms with van der Waals surface area (Å²) in [6.45, 7) is 4.80. The molecular weight excluding hydrogens is 216 g/mol. The number of rotatable bonds is 2. The van der Waals surface area contributed by atoms with Crippen LogP contribution in [0.5, 0.6) is 0 Å². The molecule has 0 bridgehead atoms. The smallest absolute Gasteiger partial charge is 0.276 e. The molecule has 4 nitrogen and oxygen atoms in total. The third kappa shape index (κ3) is 2.68. The molecule has 0 saturated carbocycles. The Hall–Kier alpha value is -1.32. The molecule has 2 rings (SSSR count). The topological polar surface area (TPSA) is 46.3 Å². The zero-order valence-corrected chi connectivity index (χ0v) is 10.6. The molecule has 17 heavy (non-hydrogen) atoms. The number of aromatic nitrogens is 1. The van der Waals surface area contributed by atoms with Gasteiger partial charge in [0.1, 0.15) is 5.76 Å². The first-order valence-corrected chi connectivity index (χ1v) is 6.46. The SMILES string of the molecule is CC[C@@H]1CCCCCN1C(=O)c1cc(C)on1. The van der Waals surface area contributed by atoms with Crippen LogP contribution in [-0.4, -0.2) is 28.6 Å². The van der Waals surface area contributed by atoms with Crippen LogP contribution in [0.2, 0.25) is 0 Å². The average Bonchev–Trinajstić information content (AvgIpc) is 2.64. The van der Waals surface area contributed by atoms with Crippen molar-refractivity contribution >= 4 is 5.91 Å². The van der Waals surface area contributed by atoms with E-state index < -0.39 is 0 Å². The van der Waals surface area contributed by atoms with Gasteiger partial charge in [-0.2, -0.15) is 0 Å². The Kier molecular flexibility index (Phi) is 3.82. The van der Waals surface area contributed by atoms with E-state index in [0.717, 1.165) is 25.8 Å². The van der Waals surface area contributed by atoms with E-state index in [1.54, 1.807) is 6.07 Å². The largest absolute Gasteiger partial charge is 0.361 e. The van der Waals surface area contributed by atoms with E-state index in [0.29, 0.717) is 17.5 Å². The van der Waals surface area contributed by atoms with Crippen LogP contribution in [0.1, 0.15) is 55.3 Å². The number of carbonyl (C=O) groups is 1. The lowest BCUT2D eigenvalue weighted by atomic mass is 10.1. The molecule has 94 valence electrons. The van der Waals surface area contributed by atoms with Crippen molar-refractivity contribution in [1.82, 2.24) is 10.1 Å². The van der Waals surface area contributed by atoms with Gasteiger partial charge in [0.2, 0.25) is 0 Å². The lowest BCUT2D eigenvalue weighted by Crippen LogP contribution is -2.39. The van der Waals surface area contributed by atoms with E-state index in [4.69, 9.17) is 4.52 Å². The van der Waals surface area contributed by atoms with Gasteiger partial charge in [-0.25, -0.2) is 0 Å². The van der Waals surface area contributed by atoms with Crippen molar-refractivity contribution in [2.24, 2.45) is 0 Å². The van der Waals surface area contributed by atoms with E-state index in [1.165, 1.54) is 12.8 Å². The van der Waals surface area contributed by atoms with Crippen LogP contribution < -0.4 is 0 Å². The summed E-state index contributed by atoms with van der Waals surface area (Å²) in [5, 5.41) is 3.82. The lowest BCUT2D eigenvalue weighted by molar-refractivity contribution is 0.0667. The minimum atomic E-state index is 0.0237. The van der Waals surface area contributed by atoms with Gasteiger partial charge in [-0.05, 0) is 26.2 Å². The van der Waals surface area contributed by atoms with Gasteiger partial charge < -0.3 is 9.42 Å². The van der Waals surface area contributed by atoms with Crippen molar-refractivity contribution in [3.8, 4) is 0 Å². The molecule has 4 heteroatoms. The fourth-order valence-corrected chi connectivity index (χ4v) is 2.48. The normalized spacial score (nSPS) is 21.3. The lowest BCUT2D eigenvalue weighted by Gasteiger charge is -2.28. The van der Waals surface area contributed by atoms with Gasteiger partial charge in [0, 0.05) is 18.7 Å². The molecule has 1 aromatic rings. The van der Waals surface area contributed by atoms with Gasteiger partial charge in [0.25, 0.3) is 5.91 Å². The third-order valence-electron chi connectivity index (χ3n) is 3.46. The second kappa shape index (κ2) is 5.34. The second-order valence-corrected chi connectivity index (χ2v) is 4.73. The van der Waals surface area contributed by atoms with Crippen molar-refractivity contribution in [3.63, 3.8) is 0 Å². The summed E-state index contributed by atoms with van der Waals surface area (Å²) in [5.74, 6) is 0.715. The Morgan fingerprint density at radius 2 is 2.35 bits per heavy atom. The number of amides is 1. The van der Waals surface area contributed by atoms with Crippen LogP contribution in [0.4, 0.5) is 0 Å². The highest BCUT2D eigenvalue weighted by Gasteiger charge is 2.26. The predicted octanol–water partition coefficient (Wildman–Crippen LogP) is 2.78. The number of carbonyl (C=O) groups excluding carboxylic acids is 1. The zero-order valence-electron chi connectivity index (χ0n) is 10.6. The number of aryl methyl sites for hydroxylation is 1. The molecule has 0 N–H and O–H groups in total. The molecule has 0 aliphatic carbocycles. The predicted molar refractivity (Wildman–Crippen MR) is 64.8 cm³/mol. The van der Waals surface area contributed by atoms with E-state index in [9.17, 15) is 4.79 Å². The van der Waals surface area contributed by atoms with Gasteiger partial charge in [0.05, 0.1) is 0 Å². The fraction of sp³-hybridized carbons (Fsp3) is 0.692. The van der Waals surface area contributed by atoms with Crippen LogP contribution >= 0.6 is 0 Å². The third-order valence-corrected chi connectivity index (χ3v) is 3.46. The van der Waals surface area contributed by atoms with Gasteiger partial charge in [-0.1, -0.05) is 24.9 Å². The van der Waals surface area contributed by atoms with E-state index in [2.05, 4.69) is 12.1 Å². The fourth-order valence-electron chi connectivity index (χ4n) is 2.48. The summed E-state index contributed by atoms with van der Waals surface area (Å²) in [5.41, 5.74) is 0.447. The molecule has 1 aliphatic heterocycles. The molecule has 2 heterocycles. The van der Waals surface area contributed by atoms with E-state index in [-0.39, 0.29) is 5.91 Å². The first-order valence-electron chi connectivity index (χ1n) is 6.46.